The first-order chi connectivity index (χ1) is 9.64. The van der Waals surface area contributed by atoms with E-state index in [9.17, 15) is 0 Å². The Hall–Kier alpha value is -1.33. The van der Waals surface area contributed by atoms with Gasteiger partial charge in [0, 0.05) is 44.0 Å². The second-order valence-electron chi connectivity index (χ2n) is 5.44. The zero-order valence-electron chi connectivity index (χ0n) is 12.9. The van der Waals surface area contributed by atoms with Crippen LogP contribution in [0.25, 0.3) is 0 Å². The van der Waals surface area contributed by atoms with Crippen molar-refractivity contribution in [3.63, 3.8) is 0 Å². The Balaban J connectivity index is 2.24. The summed E-state index contributed by atoms with van der Waals surface area (Å²) in [5, 5.41) is 3.48. The van der Waals surface area contributed by atoms with Gasteiger partial charge in [0.1, 0.15) is 5.69 Å². The largest absolute Gasteiger partial charge is 0.493 e. The molecule has 1 atom stereocenters. The highest BCUT2D eigenvalue weighted by molar-refractivity contribution is 5.42. The molecule has 1 N–H and O–H groups in total. The van der Waals surface area contributed by atoms with Crippen LogP contribution in [0.15, 0.2) is 12.3 Å². The first-order valence-electron chi connectivity index (χ1n) is 7.16. The molecule has 1 fully saturated rings. The molecule has 1 aromatic heterocycles. The molecule has 0 bridgehead atoms. The van der Waals surface area contributed by atoms with E-state index in [4.69, 9.17) is 9.47 Å². The van der Waals surface area contributed by atoms with Gasteiger partial charge in [0.05, 0.1) is 14.2 Å². The van der Waals surface area contributed by atoms with Crippen molar-refractivity contribution in [2.24, 2.45) is 0 Å². The number of nitrogens with zero attached hydrogens (tertiary/aromatic N) is 2. The first kappa shape index (κ1) is 15.1. The van der Waals surface area contributed by atoms with E-state index in [1.165, 1.54) is 0 Å². The summed E-state index contributed by atoms with van der Waals surface area (Å²) >= 11 is 0. The van der Waals surface area contributed by atoms with E-state index in [0.29, 0.717) is 0 Å². The second-order valence-corrected chi connectivity index (χ2v) is 5.44. The van der Waals surface area contributed by atoms with Crippen molar-refractivity contribution in [3.8, 4) is 11.5 Å². The van der Waals surface area contributed by atoms with Gasteiger partial charge in [-0.1, -0.05) is 6.92 Å². The zero-order chi connectivity index (χ0) is 14.6. The molecule has 1 saturated heterocycles. The van der Waals surface area contributed by atoms with Crippen LogP contribution >= 0.6 is 0 Å². The lowest BCUT2D eigenvalue weighted by Crippen LogP contribution is -2.58. The minimum atomic E-state index is 0.161. The molecule has 1 aliphatic rings. The predicted octanol–water partition coefficient (Wildman–Crippen LogP) is 1.67. The van der Waals surface area contributed by atoms with Gasteiger partial charge in [0.25, 0.3) is 0 Å². The van der Waals surface area contributed by atoms with Gasteiger partial charge in [-0.05, 0) is 13.3 Å². The topological polar surface area (TPSA) is 46.6 Å². The normalized spacial score (nSPS) is 23.6. The Kier molecular flexibility index (Phi) is 4.83. The van der Waals surface area contributed by atoms with Gasteiger partial charge >= 0.3 is 0 Å². The highest BCUT2D eigenvalue weighted by atomic mass is 16.5. The van der Waals surface area contributed by atoms with Crippen molar-refractivity contribution in [2.45, 2.75) is 32.4 Å². The lowest BCUT2D eigenvalue weighted by molar-refractivity contribution is 0.0616. The van der Waals surface area contributed by atoms with Crippen LogP contribution in [-0.2, 0) is 6.54 Å². The molecule has 2 heterocycles. The number of hydrogen-bond donors (Lipinski definition) is 1. The summed E-state index contributed by atoms with van der Waals surface area (Å²) < 4.78 is 10.8. The van der Waals surface area contributed by atoms with Crippen LogP contribution in [0.4, 0.5) is 0 Å². The first-order valence-corrected chi connectivity index (χ1v) is 7.16. The van der Waals surface area contributed by atoms with E-state index in [0.717, 1.165) is 49.8 Å². The number of ether oxygens (including phenoxy) is 2. The van der Waals surface area contributed by atoms with Crippen LogP contribution in [-0.4, -0.2) is 49.3 Å². The fraction of sp³-hybridized carbons (Fsp3) is 0.667. The van der Waals surface area contributed by atoms with Crippen LogP contribution in [0.1, 0.15) is 26.0 Å². The number of methoxy groups -OCH3 is 2. The van der Waals surface area contributed by atoms with Gasteiger partial charge < -0.3 is 14.8 Å². The Morgan fingerprint density at radius 2 is 2.20 bits per heavy atom. The maximum Gasteiger partial charge on any atom is 0.183 e. The van der Waals surface area contributed by atoms with E-state index >= 15 is 0 Å². The van der Waals surface area contributed by atoms with Gasteiger partial charge in [-0.25, -0.2) is 0 Å². The second kappa shape index (κ2) is 6.41. The van der Waals surface area contributed by atoms with E-state index in [-0.39, 0.29) is 5.54 Å². The summed E-state index contributed by atoms with van der Waals surface area (Å²) in [5.41, 5.74) is 1.10. The van der Waals surface area contributed by atoms with Crippen LogP contribution in [0, 0.1) is 0 Å². The van der Waals surface area contributed by atoms with Crippen molar-refractivity contribution in [1.82, 2.24) is 15.2 Å². The molecule has 1 unspecified atom stereocenters. The third-order valence-electron chi connectivity index (χ3n) is 4.30. The summed E-state index contributed by atoms with van der Waals surface area (Å²) in [7, 11) is 3.32. The van der Waals surface area contributed by atoms with Crippen LogP contribution in [0.2, 0.25) is 0 Å². The molecule has 0 radical (unpaired) electrons. The Morgan fingerprint density at radius 3 is 2.85 bits per heavy atom. The Labute approximate surface area is 121 Å². The maximum absolute atomic E-state index is 5.48. The number of pyridine rings is 1. The molecule has 20 heavy (non-hydrogen) atoms. The summed E-state index contributed by atoms with van der Waals surface area (Å²) in [6.45, 7) is 8.36. The van der Waals surface area contributed by atoms with E-state index in [1.807, 2.05) is 6.07 Å². The molecule has 0 spiro atoms. The molecule has 0 aliphatic carbocycles. The average molecular weight is 279 g/mol. The molecule has 0 aromatic carbocycles. The SMILES string of the molecule is CCC1(C)CNCCN1Cc1nccc(OC)c1OC. The summed E-state index contributed by atoms with van der Waals surface area (Å²) in [5.74, 6) is 1.48. The van der Waals surface area contributed by atoms with Crippen molar-refractivity contribution >= 4 is 0 Å². The van der Waals surface area contributed by atoms with Gasteiger partial charge in [0.2, 0.25) is 0 Å². The monoisotopic (exact) mass is 279 g/mol. The summed E-state index contributed by atoms with van der Waals surface area (Å²) in [6, 6.07) is 1.83. The van der Waals surface area contributed by atoms with E-state index in [2.05, 4.69) is 29.0 Å². The molecule has 0 amide bonds. The predicted molar refractivity (Wildman–Crippen MR) is 79.3 cm³/mol. The molecule has 1 aliphatic heterocycles. The van der Waals surface area contributed by atoms with Crippen molar-refractivity contribution in [3.05, 3.63) is 18.0 Å². The number of hydrogen-bond acceptors (Lipinski definition) is 5. The van der Waals surface area contributed by atoms with Crippen molar-refractivity contribution in [1.29, 1.82) is 0 Å². The fourth-order valence-electron chi connectivity index (χ4n) is 2.72. The van der Waals surface area contributed by atoms with Crippen molar-refractivity contribution in [2.75, 3.05) is 33.9 Å². The van der Waals surface area contributed by atoms with Crippen LogP contribution < -0.4 is 14.8 Å². The van der Waals surface area contributed by atoms with Gasteiger partial charge in [0.15, 0.2) is 11.5 Å². The smallest absolute Gasteiger partial charge is 0.183 e. The van der Waals surface area contributed by atoms with Gasteiger partial charge in [-0.3, -0.25) is 9.88 Å². The Morgan fingerprint density at radius 1 is 1.40 bits per heavy atom. The molecular formula is C15H25N3O2. The number of aromatic nitrogens is 1. The highest BCUT2D eigenvalue weighted by Crippen LogP contribution is 2.32. The molecule has 5 nitrogen and oxygen atoms in total. The summed E-state index contributed by atoms with van der Waals surface area (Å²) in [4.78, 5) is 6.96. The fourth-order valence-corrected chi connectivity index (χ4v) is 2.72. The van der Waals surface area contributed by atoms with E-state index < -0.39 is 0 Å². The molecule has 0 saturated carbocycles. The third kappa shape index (κ3) is 2.88. The van der Waals surface area contributed by atoms with Crippen LogP contribution in [0.5, 0.6) is 11.5 Å². The maximum atomic E-state index is 5.48. The van der Waals surface area contributed by atoms with Gasteiger partial charge in [-0.2, -0.15) is 0 Å². The highest BCUT2D eigenvalue weighted by Gasteiger charge is 2.33. The number of rotatable bonds is 5. The molecule has 1 aromatic rings. The lowest BCUT2D eigenvalue weighted by atomic mass is 9.94. The number of nitrogens with one attached hydrogen (secondary N) is 1. The van der Waals surface area contributed by atoms with Crippen molar-refractivity contribution < 1.29 is 9.47 Å². The van der Waals surface area contributed by atoms with E-state index in [1.54, 1.807) is 20.4 Å². The van der Waals surface area contributed by atoms with Gasteiger partial charge in [-0.15, -0.1) is 0 Å². The minimum Gasteiger partial charge on any atom is -0.493 e. The molecule has 112 valence electrons. The molecule has 5 heteroatoms. The molecule has 2 rings (SSSR count). The van der Waals surface area contributed by atoms with Crippen LogP contribution in [0.3, 0.4) is 0 Å². The Bertz CT molecular complexity index is 453. The number of piperazine rings is 1. The average Bonchev–Trinajstić information content (AvgIpc) is 2.49. The summed E-state index contributed by atoms with van der Waals surface area (Å²) in [6.07, 6.45) is 2.88. The zero-order valence-corrected chi connectivity index (χ0v) is 12.9. The quantitative estimate of drug-likeness (QED) is 0.888. The standard InChI is InChI=1S/C15H25N3O2/c1-5-15(2)11-16-8-9-18(15)10-12-14(20-4)13(19-3)6-7-17-12/h6-7,16H,5,8-11H2,1-4H3. The lowest BCUT2D eigenvalue weighted by Gasteiger charge is -2.44. The third-order valence-corrected chi connectivity index (χ3v) is 4.30. The molecular weight excluding hydrogens is 254 g/mol. The minimum absolute atomic E-state index is 0.161.